The molecule has 0 bridgehead atoms. The van der Waals surface area contributed by atoms with Crippen molar-refractivity contribution < 1.29 is 14.7 Å². The van der Waals surface area contributed by atoms with E-state index in [1.807, 2.05) is 17.5 Å². The number of likely N-dealkylation sites (tertiary alicyclic amines) is 1. The minimum atomic E-state index is -1.11. The molecule has 1 N–H and O–H groups in total. The lowest BCUT2D eigenvalue weighted by Gasteiger charge is -2.30. The first-order chi connectivity index (χ1) is 10.4. The summed E-state index contributed by atoms with van der Waals surface area (Å²) in [5.74, 6) is -1.17. The highest BCUT2D eigenvalue weighted by atomic mass is 32.1. The summed E-state index contributed by atoms with van der Waals surface area (Å²) in [7, 11) is 0. The summed E-state index contributed by atoms with van der Waals surface area (Å²) >= 11 is 2.92. The zero-order valence-corrected chi connectivity index (χ0v) is 14.0. The molecule has 7 heteroatoms. The maximum atomic E-state index is 12.8. The van der Waals surface area contributed by atoms with E-state index in [-0.39, 0.29) is 5.91 Å². The van der Waals surface area contributed by atoms with Crippen LogP contribution in [0.2, 0.25) is 0 Å². The number of aliphatic carboxylic acids is 1. The van der Waals surface area contributed by atoms with E-state index in [0.29, 0.717) is 30.0 Å². The Balaban J connectivity index is 1.94. The third kappa shape index (κ3) is 2.34. The molecule has 2 aromatic rings. The Kier molecular flexibility index (Phi) is 3.78. The van der Waals surface area contributed by atoms with Crippen molar-refractivity contribution in [2.75, 3.05) is 6.54 Å². The monoisotopic (exact) mass is 336 g/mol. The summed E-state index contributed by atoms with van der Waals surface area (Å²) in [6, 6.07) is 3.91. The minimum Gasteiger partial charge on any atom is -0.480 e. The van der Waals surface area contributed by atoms with Crippen LogP contribution in [0, 0.1) is 6.92 Å². The first-order valence-corrected chi connectivity index (χ1v) is 8.70. The molecule has 1 aliphatic heterocycles. The fraction of sp³-hybridized carbons (Fsp3) is 0.400. The van der Waals surface area contributed by atoms with Crippen LogP contribution in [0.15, 0.2) is 17.5 Å². The summed E-state index contributed by atoms with van der Waals surface area (Å²) in [4.78, 5) is 31.9. The van der Waals surface area contributed by atoms with Crippen LogP contribution in [0.25, 0.3) is 9.88 Å². The second-order valence-corrected chi connectivity index (χ2v) is 7.50. The van der Waals surface area contributed by atoms with Crippen molar-refractivity contribution in [2.45, 2.75) is 32.2 Å². The van der Waals surface area contributed by atoms with Crippen molar-refractivity contribution >= 4 is 34.6 Å². The Bertz CT molecular complexity index is 723. The number of hydrogen-bond acceptors (Lipinski definition) is 5. The third-order valence-electron chi connectivity index (χ3n) is 4.07. The van der Waals surface area contributed by atoms with E-state index in [2.05, 4.69) is 4.98 Å². The molecule has 1 amide bonds. The maximum absolute atomic E-state index is 12.8. The van der Waals surface area contributed by atoms with Gasteiger partial charge in [0.05, 0.1) is 10.6 Å². The van der Waals surface area contributed by atoms with E-state index in [1.165, 1.54) is 16.2 Å². The third-order valence-corrected chi connectivity index (χ3v) is 6.25. The summed E-state index contributed by atoms with van der Waals surface area (Å²) in [6.07, 6.45) is 1.20. The number of aryl methyl sites for hydroxylation is 1. The van der Waals surface area contributed by atoms with Gasteiger partial charge in [-0.15, -0.1) is 22.7 Å². The fourth-order valence-corrected chi connectivity index (χ4v) is 4.55. The molecule has 1 saturated heterocycles. The number of carboxylic acid groups (broad SMARTS) is 1. The van der Waals surface area contributed by atoms with Gasteiger partial charge in [-0.2, -0.15) is 0 Å². The van der Waals surface area contributed by atoms with Crippen molar-refractivity contribution in [3.05, 3.63) is 28.1 Å². The first kappa shape index (κ1) is 15.2. The first-order valence-electron chi connectivity index (χ1n) is 7.00. The van der Waals surface area contributed by atoms with Gasteiger partial charge >= 0.3 is 5.97 Å². The molecular weight excluding hydrogens is 320 g/mol. The topological polar surface area (TPSA) is 70.5 Å². The van der Waals surface area contributed by atoms with Crippen molar-refractivity contribution in [1.29, 1.82) is 0 Å². The van der Waals surface area contributed by atoms with Crippen LogP contribution in [-0.4, -0.2) is 39.0 Å². The van der Waals surface area contributed by atoms with Crippen molar-refractivity contribution in [2.24, 2.45) is 0 Å². The number of rotatable bonds is 3. The summed E-state index contributed by atoms with van der Waals surface area (Å²) in [5, 5.41) is 12.2. The van der Waals surface area contributed by atoms with Gasteiger partial charge in [-0.3, -0.25) is 4.79 Å². The molecule has 1 atom stereocenters. The molecule has 2 aromatic heterocycles. The standard InChI is InChI=1S/C15H16N2O3S2/c1-9-11(22-12(16-9)10-5-3-8-21-10)13(18)17-7-4-6-15(17,2)14(19)20/h3,5,8H,4,6-7H2,1-2H3,(H,19,20). The van der Waals surface area contributed by atoms with E-state index < -0.39 is 11.5 Å². The lowest BCUT2D eigenvalue weighted by molar-refractivity contribution is -0.147. The number of amides is 1. The summed E-state index contributed by atoms with van der Waals surface area (Å²) in [6.45, 7) is 3.90. The average Bonchev–Trinajstić information content (AvgIpc) is 3.17. The Labute approximate surface area is 136 Å². The normalized spacial score (nSPS) is 21.3. The second-order valence-electron chi connectivity index (χ2n) is 5.55. The Morgan fingerprint density at radius 1 is 1.45 bits per heavy atom. The van der Waals surface area contributed by atoms with Gasteiger partial charge < -0.3 is 10.0 Å². The van der Waals surface area contributed by atoms with E-state index in [1.54, 1.807) is 25.2 Å². The zero-order valence-electron chi connectivity index (χ0n) is 12.3. The average molecular weight is 336 g/mol. The van der Waals surface area contributed by atoms with Crippen LogP contribution in [0.5, 0.6) is 0 Å². The lowest BCUT2D eigenvalue weighted by Crippen LogP contribution is -2.50. The Hall–Kier alpha value is -1.73. The van der Waals surface area contributed by atoms with Crippen LogP contribution < -0.4 is 0 Å². The van der Waals surface area contributed by atoms with Crippen LogP contribution in [-0.2, 0) is 4.79 Å². The van der Waals surface area contributed by atoms with Crippen molar-refractivity contribution in [3.8, 4) is 9.88 Å². The number of carbonyl (C=O) groups is 2. The van der Waals surface area contributed by atoms with Gasteiger partial charge in [-0.25, -0.2) is 9.78 Å². The highest BCUT2D eigenvalue weighted by Gasteiger charge is 2.46. The van der Waals surface area contributed by atoms with Crippen LogP contribution in [0.1, 0.15) is 35.1 Å². The molecule has 3 rings (SSSR count). The van der Waals surface area contributed by atoms with Gasteiger partial charge in [0, 0.05) is 6.54 Å². The quantitative estimate of drug-likeness (QED) is 0.934. The molecule has 0 saturated carbocycles. The Morgan fingerprint density at radius 2 is 2.23 bits per heavy atom. The number of aromatic nitrogens is 1. The van der Waals surface area contributed by atoms with E-state index >= 15 is 0 Å². The van der Waals surface area contributed by atoms with Gasteiger partial charge in [0.2, 0.25) is 0 Å². The summed E-state index contributed by atoms with van der Waals surface area (Å²) < 4.78 is 0. The highest BCUT2D eigenvalue weighted by Crippen LogP contribution is 2.35. The second kappa shape index (κ2) is 5.48. The van der Waals surface area contributed by atoms with Crippen molar-refractivity contribution in [1.82, 2.24) is 9.88 Å². The van der Waals surface area contributed by atoms with Crippen molar-refractivity contribution in [3.63, 3.8) is 0 Å². The number of thiazole rings is 1. The van der Waals surface area contributed by atoms with Crippen LogP contribution in [0.4, 0.5) is 0 Å². The van der Waals surface area contributed by atoms with Crippen LogP contribution in [0.3, 0.4) is 0 Å². The summed E-state index contributed by atoms with van der Waals surface area (Å²) in [5.41, 5.74) is -0.450. The molecule has 0 spiro atoms. The molecule has 1 unspecified atom stereocenters. The SMILES string of the molecule is Cc1nc(-c2cccs2)sc1C(=O)N1CCCC1(C)C(=O)O. The number of hydrogen-bond donors (Lipinski definition) is 1. The predicted octanol–water partition coefficient (Wildman–Crippen LogP) is 3.26. The zero-order chi connectivity index (χ0) is 15.9. The van der Waals surface area contributed by atoms with Gasteiger partial charge in [0.25, 0.3) is 5.91 Å². The molecule has 5 nitrogen and oxygen atoms in total. The number of nitrogens with zero attached hydrogens (tertiary/aromatic N) is 2. The molecule has 0 aliphatic carbocycles. The highest BCUT2D eigenvalue weighted by molar-refractivity contribution is 7.22. The molecular formula is C15H16N2O3S2. The predicted molar refractivity (Wildman–Crippen MR) is 86.5 cm³/mol. The molecule has 22 heavy (non-hydrogen) atoms. The largest absolute Gasteiger partial charge is 0.480 e. The van der Waals surface area contributed by atoms with E-state index in [4.69, 9.17) is 0 Å². The van der Waals surface area contributed by atoms with Gasteiger partial charge in [-0.1, -0.05) is 6.07 Å². The molecule has 0 radical (unpaired) electrons. The maximum Gasteiger partial charge on any atom is 0.329 e. The lowest BCUT2D eigenvalue weighted by atomic mass is 9.99. The number of carboxylic acids is 1. The van der Waals surface area contributed by atoms with Gasteiger partial charge in [-0.05, 0) is 38.1 Å². The molecule has 0 aromatic carbocycles. The fourth-order valence-electron chi connectivity index (χ4n) is 2.73. The minimum absolute atomic E-state index is 0.222. The van der Waals surface area contributed by atoms with E-state index in [9.17, 15) is 14.7 Å². The molecule has 3 heterocycles. The number of carbonyl (C=O) groups excluding carboxylic acids is 1. The molecule has 1 aliphatic rings. The van der Waals surface area contributed by atoms with Gasteiger partial charge in [0.15, 0.2) is 0 Å². The Morgan fingerprint density at radius 3 is 2.86 bits per heavy atom. The van der Waals surface area contributed by atoms with Gasteiger partial charge in [0.1, 0.15) is 15.4 Å². The smallest absolute Gasteiger partial charge is 0.329 e. The molecule has 116 valence electrons. The molecule has 1 fully saturated rings. The van der Waals surface area contributed by atoms with E-state index in [0.717, 1.165) is 9.88 Å². The van der Waals surface area contributed by atoms with Crippen LogP contribution >= 0.6 is 22.7 Å². The number of thiophene rings is 1.